The Morgan fingerprint density at radius 2 is 1.79 bits per heavy atom. The summed E-state index contributed by atoms with van der Waals surface area (Å²) in [6.45, 7) is 3.44. The Morgan fingerprint density at radius 1 is 1.08 bits per heavy atom. The van der Waals surface area contributed by atoms with E-state index in [9.17, 15) is 9.59 Å². The molecule has 0 saturated carbocycles. The van der Waals surface area contributed by atoms with E-state index in [2.05, 4.69) is 6.92 Å². The van der Waals surface area contributed by atoms with Crippen LogP contribution in [0.1, 0.15) is 66.2 Å². The van der Waals surface area contributed by atoms with E-state index in [0.717, 1.165) is 38.5 Å². The Balaban J connectivity index is 1.88. The van der Waals surface area contributed by atoms with Gasteiger partial charge in [-0.05, 0) is 31.4 Å². The van der Waals surface area contributed by atoms with Crippen LogP contribution in [0.3, 0.4) is 0 Å². The summed E-state index contributed by atoms with van der Waals surface area (Å²) < 4.78 is 16.0. The van der Waals surface area contributed by atoms with Gasteiger partial charge in [-0.25, -0.2) is 9.59 Å². The van der Waals surface area contributed by atoms with Gasteiger partial charge in [-0.2, -0.15) is 0 Å². The monoisotopic (exact) mass is 334 g/mol. The van der Waals surface area contributed by atoms with Gasteiger partial charge in [-0.1, -0.05) is 38.3 Å². The molecule has 1 fully saturated rings. The van der Waals surface area contributed by atoms with E-state index in [1.165, 1.54) is 0 Å². The molecule has 132 valence electrons. The molecule has 0 aromatic heterocycles. The molecule has 1 aromatic rings. The molecule has 1 saturated heterocycles. The maximum atomic E-state index is 12.3. The summed E-state index contributed by atoms with van der Waals surface area (Å²) in [7, 11) is 0. The summed E-state index contributed by atoms with van der Waals surface area (Å²) in [5.41, 5.74) is 0.499. The first-order valence-corrected chi connectivity index (χ1v) is 8.77. The van der Waals surface area contributed by atoms with Gasteiger partial charge in [0.05, 0.1) is 23.8 Å². The lowest BCUT2D eigenvalue weighted by Gasteiger charge is -2.12. The van der Waals surface area contributed by atoms with E-state index in [1.807, 2.05) is 0 Å². The fourth-order valence-corrected chi connectivity index (χ4v) is 2.63. The lowest BCUT2D eigenvalue weighted by atomic mass is 10.1. The first-order valence-electron chi connectivity index (χ1n) is 8.77. The second-order valence-corrected chi connectivity index (χ2v) is 5.98. The van der Waals surface area contributed by atoms with Crippen molar-refractivity contribution in [1.82, 2.24) is 0 Å². The van der Waals surface area contributed by atoms with Gasteiger partial charge < -0.3 is 14.2 Å². The number of esters is 2. The Hall–Kier alpha value is -1.88. The van der Waals surface area contributed by atoms with E-state index >= 15 is 0 Å². The molecule has 0 N–H and O–H groups in total. The predicted molar refractivity (Wildman–Crippen MR) is 90.1 cm³/mol. The second kappa shape index (κ2) is 10.1. The maximum absolute atomic E-state index is 12.3. The highest BCUT2D eigenvalue weighted by atomic mass is 16.6. The molecule has 5 nitrogen and oxygen atoms in total. The van der Waals surface area contributed by atoms with Gasteiger partial charge >= 0.3 is 11.9 Å². The molecular formula is C19H26O5. The lowest BCUT2D eigenvalue weighted by Crippen LogP contribution is -2.20. The Bertz CT molecular complexity index is 534. The molecule has 1 atom stereocenters. The van der Waals surface area contributed by atoms with Crippen molar-refractivity contribution in [2.24, 2.45) is 0 Å². The summed E-state index contributed by atoms with van der Waals surface area (Å²) in [6, 6.07) is 6.60. The molecule has 2 rings (SSSR count). The zero-order chi connectivity index (χ0) is 17.2. The maximum Gasteiger partial charge on any atom is 0.339 e. The third-order valence-corrected chi connectivity index (χ3v) is 4.02. The molecule has 1 aliphatic rings. The van der Waals surface area contributed by atoms with Crippen molar-refractivity contribution in [3.05, 3.63) is 35.4 Å². The number of hydrogen-bond acceptors (Lipinski definition) is 5. The number of carbonyl (C=O) groups is 2. The standard InChI is InChI=1S/C19H26O5/c1-2-3-4-7-12-23-18(20)16-10-5-6-11-17(16)19(21)24-14-15-9-8-13-22-15/h5-6,10-11,15H,2-4,7-9,12-14H2,1H3. The van der Waals surface area contributed by atoms with Crippen LogP contribution in [0.4, 0.5) is 0 Å². The van der Waals surface area contributed by atoms with E-state index in [1.54, 1.807) is 24.3 Å². The molecule has 0 aliphatic carbocycles. The lowest BCUT2D eigenvalue weighted by molar-refractivity contribution is 0.0157. The summed E-state index contributed by atoms with van der Waals surface area (Å²) >= 11 is 0. The van der Waals surface area contributed by atoms with E-state index in [0.29, 0.717) is 13.2 Å². The van der Waals surface area contributed by atoms with Crippen LogP contribution in [0.2, 0.25) is 0 Å². The third-order valence-electron chi connectivity index (χ3n) is 4.02. The van der Waals surface area contributed by atoms with Crippen molar-refractivity contribution in [3.8, 4) is 0 Å². The summed E-state index contributed by atoms with van der Waals surface area (Å²) in [4.78, 5) is 24.5. The van der Waals surface area contributed by atoms with Gasteiger partial charge in [0.2, 0.25) is 0 Å². The fraction of sp³-hybridized carbons (Fsp3) is 0.579. The molecular weight excluding hydrogens is 308 g/mol. The minimum Gasteiger partial charge on any atom is -0.462 e. The zero-order valence-electron chi connectivity index (χ0n) is 14.3. The zero-order valence-corrected chi connectivity index (χ0v) is 14.3. The SMILES string of the molecule is CCCCCCOC(=O)c1ccccc1C(=O)OCC1CCCO1. The van der Waals surface area contributed by atoms with Gasteiger partial charge in [0, 0.05) is 6.61 Å². The van der Waals surface area contributed by atoms with Gasteiger partial charge in [0.25, 0.3) is 0 Å². The van der Waals surface area contributed by atoms with Crippen LogP contribution >= 0.6 is 0 Å². The van der Waals surface area contributed by atoms with E-state index < -0.39 is 11.9 Å². The molecule has 1 heterocycles. The van der Waals surface area contributed by atoms with E-state index in [4.69, 9.17) is 14.2 Å². The number of carbonyl (C=O) groups excluding carboxylic acids is 2. The quantitative estimate of drug-likeness (QED) is 0.508. The predicted octanol–water partition coefficient (Wildman–Crippen LogP) is 3.76. The van der Waals surface area contributed by atoms with Gasteiger partial charge in [0.1, 0.15) is 6.61 Å². The van der Waals surface area contributed by atoms with E-state index in [-0.39, 0.29) is 23.8 Å². The highest BCUT2D eigenvalue weighted by molar-refractivity contribution is 6.03. The number of hydrogen-bond donors (Lipinski definition) is 0. The van der Waals surface area contributed by atoms with Crippen LogP contribution in [-0.2, 0) is 14.2 Å². The first-order chi connectivity index (χ1) is 11.7. The highest BCUT2D eigenvalue weighted by Gasteiger charge is 2.22. The second-order valence-electron chi connectivity index (χ2n) is 5.98. The molecule has 1 aliphatic heterocycles. The summed E-state index contributed by atoms with van der Waals surface area (Å²) in [5, 5.41) is 0. The van der Waals surface area contributed by atoms with Crippen molar-refractivity contribution < 1.29 is 23.8 Å². The van der Waals surface area contributed by atoms with Crippen molar-refractivity contribution in [2.75, 3.05) is 19.8 Å². The number of ether oxygens (including phenoxy) is 3. The minimum atomic E-state index is -0.510. The molecule has 0 bridgehead atoms. The molecule has 1 unspecified atom stereocenters. The molecule has 0 radical (unpaired) electrons. The molecule has 0 spiro atoms. The largest absolute Gasteiger partial charge is 0.462 e. The minimum absolute atomic E-state index is 0.0355. The topological polar surface area (TPSA) is 61.8 Å². The molecule has 1 aromatic carbocycles. The number of benzene rings is 1. The third kappa shape index (κ3) is 5.64. The summed E-state index contributed by atoms with van der Waals surface area (Å²) in [6.07, 6.45) is 5.99. The average molecular weight is 334 g/mol. The average Bonchev–Trinajstić information content (AvgIpc) is 3.13. The Morgan fingerprint density at radius 3 is 2.42 bits per heavy atom. The highest BCUT2D eigenvalue weighted by Crippen LogP contribution is 2.16. The summed E-state index contributed by atoms with van der Waals surface area (Å²) in [5.74, 6) is -0.986. The van der Waals surface area contributed by atoms with Crippen molar-refractivity contribution >= 4 is 11.9 Å². The van der Waals surface area contributed by atoms with Gasteiger partial charge in [-0.15, -0.1) is 0 Å². The van der Waals surface area contributed by atoms with Gasteiger partial charge in [0.15, 0.2) is 0 Å². The van der Waals surface area contributed by atoms with Crippen molar-refractivity contribution in [3.63, 3.8) is 0 Å². The van der Waals surface area contributed by atoms with Crippen LogP contribution in [0.15, 0.2) is 24.3 Å². The Kier molecular flexibility index (Phi) is 7.75. The van der Waals surface area contributed by atoms with Crippen LogP contribution in [0.25, 0.3) is 0 Å². The molecule has 5 heteroatoms. The number of unbranched alkanes of at least 4 members (excludes halogenated alkanes) is 3. The smallest absolute Gasteiger partial charge is 0.339 e. The normalized spacial score (nSPS) is 16.8. The number of rotatable bonds is 9. The van der Waals surface area contributed by atoms with Crippen LogP contribution in [0, 0.1) is 0 Å². The molecule has 0 amide bonds. The van der Waals surface area contributed by atoms with Crippen LogP contribution in [-0.4, -0.2) is 37.9 Å². The molecule has 24 heavy (non-hydrogen) atoms. The van der Waals surface area contributed by atoms with Crippen molar-refractivity contribution in [1.29, 1.82) is 0 Å². The van der Waals surface area contributed by atoms with Crippen LogP contribution < -0.4 is 0 Å². The van der Waals surface area contributed by atoms with Crippen molar-refractivity contribution in [2.45, 2.75) is 51.6 Å². The fourth-order valence-electron chi connectivity index (χ4n) is 2.63. The Labute approximate surface area is 143 Å². The van der Waals surface area contributed by atoms with Crippen LogP contribution in [0.5, 0.6) is 0 Å². The first kappa shape index (κ1) is 18.5. The van der Waals surface area contributed by atoms with Gasteiger partial charge in [-0.3, -0.25) is 0 Å².